The van der Waals surface area contributed by atoms with Gasteiger partial charge in [-0.1, -0.05) is 62.4 Å². The Hall–Kier alpha value is -0.820. The molecule has 0 atom stereocenters. The third-order valence-electron chi connectivity index (χ3n) is 5.20. The molecular weight excluding hydrogens is 230 g/mol. The predicted molar refractivity (Wildman–Crippen MR) is 81.0 cm³/mol. The Bertz CT molecular complexity index is 359. The van der Waals surface area contributed by atoms with Crippen LogP contribution in [0.15, 0.2) is 30.3 Å². The fourth-order valence-electron chi connectivity index (χ4n) is 4.03. The van der Waals surface area contributed by atoms with Gasteiger partial charge in [0.15, 0.2) is 0 Å². The van der Waals surface area contributed by atoms with Crippen LogP contribution >= 0.6 is 0 Å². The fraction of sp³-hybridized carbons (Fsp3) is 0.667. The zero-order valence-electron chi connectivity index (χ0n) is 12.1. The van der Waals surface area contributed by atoms with E-state index in [1.165, 1.54) is 63.6 Å². The van der Waals surface area contributed by atoms with Crippen LogP contribution in [0, 0.1) is 11.8 Å². The quantitative estimate of drug-likeness (QED) is 0.771. The van der Waals surface area contributed by atoms with Crippen LogP contribution in [0.5, 0.6) is 0 Å². The lowest BCUT2D eigenvalue weighted by molar-refractivity contribution is 0.122. The summed E-state index contributed by atoms with van der Waals surface area (Å²) in [5, 5.41) is 0. The van der Waals surface area contributed by atoms with Crippen molar-refractivity contribution < 1.29 is 0 Å². The second-order valence-electron chi connectivity index (χ2n) is 6.50. The zero-order valence-corrected chi connectivity index (χ0v) is 12.1. The van der Waals surface area contributed by atoms with Gasteiger partial charge in [0.2, 0.25) is 0 Å². The lowest BCUT2D eigenvalue weighted by Crippen LogP contribution is -2.36. The van der Waals surface area contributed by atoms with Gasteiger partial charge in [0.1, 0.15) is 0 Å². The molecule has 104 valence electrons. The van der Waals surface area contributed by atoms with Gasteiger partial charge in [0, 0.05) is 6.54 Å². The molecule has 1 heterocycles. The standard InChI is InChI=1S/C18H27N/c1-3-7-16(8-4-1)15-19-13-11-18(12-14-19)17-9-5-2-6-10-17/h1,3-4,7-8,17-18H,2,5-6,9-15H2. The first-order valence-electron chi connectivity index (χ1n) is 8.18. The van der Waals surface area contributed by atoms with Gasteiger partial charge in [-0.2, -0.15) is 0 Å². The Morgan fingerprint density at radius 1 is 0.789 bits per heavy atom. The Morgan fingerprint density at radius 3 is 2.11 bits per heavy atom. The highest BCUT2D eigenvalue weighted by Gasteiger charge is 2.27. The predicted octanol–water partition coefficient (Wildman–Crippen LogP) is 4.48. The van der Waals surface area contributed by atoms with Crippen molar-refractivity contribution in [2.45, 2.75) is 51.5 Å². The molecule has 1 aliphatic heterocycles. The Labute approximate surface area is 118 Å². The number of hydrogen-bond acceptors (Lipinski definition) is 1. The molecule has 0 bridgehead atoms. The molecule has 2 fully saturated rings. The van der Waals surface area contributed by atoms with Crippen LogP contribution in [0.4, 0.5) is 0 Å². The van der Waals surface area contributed by atoms with E-state index in [-0.39, 0.29) is 0 Å². The molecule has 0 spiro atoms. The number of benzene rings is 1. The molecular formula is C18H27N. The summed E-state index contributed by atoms with van der Waals surface area (Å²) < 4.78 is 0. The minimum Gasteiger partial charge on any atom is -0.299 e. The van der Waals surface area contributed by atoms with Crippen LogP contribution < -0.4 is 0 Å². The molecule has 0 N–H and O–H groups in total. The second kappa shape index (κ2) is 6.56. The molecule has 19 heavy (non-hydrogen) atoms. The van der Waals surface area contributed by atoms with Crippen molar-refractivity contribution in [2.75, 3.05) is 13.1 Å². The lowest BCUT2D eigenvalue weighted by Gasteiger charge is -2.37. The van der Waals surface area contributed by atoms with Crippen molar-refractivity contribution in [3.8, 4) is 0 Å². The Balaban J connectivity index is 1.46. The van der Waals surface area contributed by atoms with E-state index < -0.39 is 0 Å². The van der Waals surface area contributed by atoms with E-state index in [1.807, 2.05) is 0 Å². The average Bonchev–Trinajstić information content (AvgIpc) is 2.50. The fourth-order valence-corrected chi connectivity index (χ4v) is 4.03. The van der Waals surface area contributed by atoms with E-state index in [0.29, 0.717) is 0 Å². The van der Waals surface area contributed by atoms with Crippen LogP contribution in [-0.2, 0) is 6.54 Å². The average molecular weight is 257 g/mol. The summed E-state index contributed by atoms with van der Waals surface area (Å²) in [5.74, 6) is 2.10. The SMILES string of the molecule is c1ccc(CN2CCC(C3CCCCC3)CC2)cc1. The molecule has 1 heteroatoms. The van der Waals surface area contributed by atoms with Crippen molar-refractivity contribution in [3.63, 3.8) is 0 Å². The van der Waals surface area contributed by atoms with Gasteiger partial charge >= 0.3 is 0 Å². The largest absolute Gasteiger partial charge is 0.299 e. The summed E-state index contributed by atoms with van der Waals surface area (Å²) in [6, 6.07) is 10.9. The van der Waals surface area contributed by atoms with Crippen molar-refractivity contribution in [1.29, 1.82) is 0 Å². The minimum atomic E-state index is 1.03. The van der Waals surface area contributed by atoms with Crippen molar-refractivity contribution >= 4 is 0 Å². The first-order valence-corrected chi connectivity index (χ1v) is 8.18. The maximum Gasteiger partial charge on any atom is 0.0233 e. The molecule has 0 unspecified atom stereocenters. The van der Waals surface area contributed by atoms with Crippen LogP contribution in [0.1, 0.15) is 50.5 Å². The number of likely N-dealkylation sites (tertiary alicyclic amines) is 1. The second-order valence-corrected chi connectivity index (χ2v) is 6.50. The van der Waals surface area contributed by atoms with Gasteiger partial charge < -0.3 is 0 Å². The van der Waals surface area contributed by atoms with Gasteiger partial charge in [-0.3, -0.25) is 4.90 Å². The van der Waals surface area contributed by atoms with E-state index in [0.717, 1.165) is 18.4 Å². The Kier molecular flexibility index (Phi) is 4.55. The van der Waals surface area contributed by atoms with Crippen LogP contribution in [0.25, 0.3) is 0 Å². The minimum absolute atomic E-state index is 1.03. The van der Waals surface area contributed by atoms with Crippen LogP contribution in [0.2, 0.25) is 0 Å². The summed E-state index contributed by atoms with van der Waals surface area (Å²) in [6.07, 6.45) is 10.4. The highest BCUT2D eigenvalue weighted by atomic mass is 15.1. The van der Waals surface area contributed by atoms with Crippen LogP contribution in [0.3, 0.4) is 0 Å². The summed E-state index contributed by atoms with van der Waals surface area (Å²) >= 11 is 0. The van der Waals surface area contributed by atoms with Gasteiger partial charge in [-0.15, -0.1) is 0 Å². The van der Waals surface area contributed by atoms with Crippen molar-refractivity contribution in [2.24, 2.45) is 11.8 Å². The highest BCUT2D eigenvalue weighted by molar-refractivity contribution is 5.14. The number of nitrogens with zero attached hydrogens (tertiary/aromatic N) is 1. The molecule has 3 rings (SSSR count). The molecule has 1 aliphatic carbocycles. The summed E-state index contributed by atoms with van der Waals surface area (Å²) in [6.45, 7) is 3.78. The molecule has 2 aliphatic rings. The lowest BCUT2D eigenvalue weighted by atomic mass is 9.76. The monoisotopic (exact) mass is 257 g/mol. The number of piperidine rings is 1. The number of hydrogen-bond donors (Lipinski definition) is 0. The van der Waals surface area contributed by atoms with Gasteiger partial charge in [-0.05, 0) is 43.3 Å². The maximum absolute atomic E-state index is 2.65. The van der Waals surface area contributed by atoms with Crippen LogP contribution in [-0.4, -0.2) is 18.0 Å². The first-order chi connectivity index (χ1) is 9.42. The summed E-state index contributed by atoms with van der Waals surface area (Å²) in [7, 11) is 0. The van der Waals surface area contributed by atoms with Crippen molar-refractivity contribution in [3.05, 3.63) is 35.9 Å². The first kappa shape index (κ1) is 13.2. The summed E-state index contributed by atoms with van der Waals surface area (Å²) in [5.41, 5.74) is 1.47. The van der Waals surface area contributed by atoms with E-state index in [1.54, 1.807) is 0 Å². The topological polar surface area (TPSA) is 3.24 Å². The normalized spacial score (nSPS) is 23.6. The highest BCUT2D eigenvalue weighted by Crippen LogP contribution is 2.35. The van der Waals surface area contributed by atoms with Gasteiger partial charge in [-0.25, -0.2) is 0 Å². The molecule has 0 radical (unpaired) electrons. The van der Waals surface area contributed by atoms with E-state index in [2.05, 4.69) is 35.2 Å². The zero-order chi connectivity index (χ0) is 12.9. The summed E-state index contributed by atoms with van der Waals surface area (Å²) in [4.78, 5) is 2.65. The third-order valence-corrected chi connectivity index (χ3v) is 5.20. The molecule has 1 nitrogen and oxygen atoms in total. The Morgan fingerprint density at radius 2 is 1.42 bits per heavy atom. The van der Waals surface area contributed by atoms with E-state index >= 15 is 0 Å². The molecule has 0 aromatic heterocycles. The third kappa shape index (κ3) is 3.60. The van der Waals surface area contributed by atoms with Gasteiger partial charge in [0.05, 0.1) is 0 Å². The molecule has 1 saturated heterocycles. The van der Waals surface area contributed by atoms with Crippen molar-refractivity contribution in [1.82, 2.24) is 4.90 Å². The van der Waals surface area contributed by atoms with E-state index in [9.17, 15) is 0 Å². The maximum atomic E-state index is 2.65. The molecule has 1 aromatic rings. The number of rotatable bonds is 3. The molecule has 0 amide bonds. The molecule has 1 aromatic carbocycles. The van der Waals surface area contributed by atoms with Gasteiger partial charge in [0.25, 0.3) is 0 Å². The molecule has 1 saturated carbocycles. The van der Waals surface area contributed by atoms with E-state index in [4.69, 9.17) is 0 Å². The smallest absolute Gasteiger partial charge is 0.0233 e.